The lowest BCUT2D eigenvalue weighted by Crippen LogP contribution is -2.38. The number of amides is 2. The van der Waals surface area contributed by atoms with Gasteiger partial charge in [0.15, 0.2) is 0 Å². The molecule has 3 N–H and O–H groups in total. The van der Waals surface area contributed by atoms with Gasteiger partial charge in [-0.2, -0.15) is 0 Å². The highest BCUT2D eigenvalue weighted by molar-refractivity contribution is 5.74. The summed E-state index contributed by atoms with van der Waals surface area (Å²) in [6.45, 7) is 8.07. The van der Waals surface area contributed by atoms with Crippen LogP contribution in [0.4, 0.5) is 4.79 Å². The predicted octanol–water partition coefficient (Wildman–Crippen LogP) is 2.42. The molecule has 5 nitrogen and oxygen atoms in total. The third-order valence-corrected chi connectivity index (χ3v) is 3.13. The number of hydrogen-bond donors (Lipinski definition) is 3. The maximum absolute atomic E-state index is 11.7. The van der Waals surface area contributed by atoms with Crippen LogP contribution in [-0.4, -0.2) is 23.8 Å². The zero-order valence-corrected chi connectivity index (χ0v) is 12.1. The van der Waals surface area contributed by atoms with E-state index in [1.807, 2.05) is 33.8 Å². The molecule has 1 heterocycles. The molecule has 0 saturated carbocycles. The van der Waals surface area contributed by atoms with E-state index in [1.165, 1.54) is 0 Å². The Kier molecular flexibility index (Phi) is 5.89. The largest absolute Gasteiger partial charge is 0.466 e. The van der Waals surface area contributed by atoms with E-state index >= 15 is 0 Å². The average molecular weight is 268 g/mol. The second-order valence-corrected chi connectivity index (χ2v) is 4.84. The predicted molar refractivity (Wildman–Crippen MR) is 74.0 cm³/mol. The fourth-order valence-corrected chi connectivity index (χ4v) is 1.96. The third-order valence-electron chi connectivity index (χ3n) is 3.13. The molecule has 0 aliphatic carbocycles. The van der Waals surface area contributed by atoms with E-state index in [2.05, 4.69) is 10.6 Å². The minimum atomic E-state index is -0.350. The van der Waals surface area contributed by atoms with Crippen LogP contribution in [0.1, 0.15) is 49.8 Å². The highest BCUT2D eigenvalue weighted by Gasteiger charge is 2.14. The summed E-state index contributed by atoms with van der Waals surface area (Å²) >= 11 is 0. The monoisotopic (exact) mass is 268 g/mol. The van der Waals surface area contributed by atoms with E-state index in [1.54, 1.807) is 0 Å². The van der Waals surface area contributed by atoms with E-state index in [4.69, 9.17) is 4.42 Å². The van der Waals surface area contributed by atoms with Gasteiger partial charge in [0.1, 0.15) is 11.5 Å². The van der Waals surface area contributed by atoms with Gasteiger partial charge in [-0.25, -0.2) is 4.79 Å². The lowest BCUT2D eigenvalue weighted by atomic mass is 10.1. The van der Waals surface area contributed by atoms with Gasteiger partial charge in [-0.3, -0.25) is 0 Å². The molecule has 108 valence electrons. The van der Waals surface area contributed by atoms with E-state index < -0.39 is 0 Å². The zero-order chi connectivity index (χ0) is 14.4. The topological polar surface area (TPSA) is 74.5 Å². The number of rotatable bonds is 6. The standard InChI is InChI=1S/C14H24N2O3/c1-5-12(17)6-7-15-14(18)16-10(3)13-8-9(2)19-11(13)4/h8,10,12,17H,5-7H2,1-4H3,(H2,15,16,18). The van der Waals surface area contributed by atoms with E-state index in [9.17, 15) is 9.90 Å². The summed E-state index contributed by atoms with van der Waals surface area (Å²) in [7, 11) is 0. The number of nitrogens with one attached hydrogen (secondary N) is 2. The highest BCUT2D eigenvalue weighted by atomic mass is 16.3. The van der Waals surface area contributed by atoms with Gasteiger partial charge in [-0.1, -0.05) is 6.92 Å². The van der Waals surface area contributed by atoms with Gasteiger partial charge in [0.05, 0.1) is 12.1 Å². The van der Waals surface area contributed by atoms with Crippen LogP contribution in [0.2, 0.25) is 0 Å². The molecular weight excluding hydrogens is 244 g/mol. The summed E-state index contributed by atoms with van der Waals surface area (Å²) in [6.07, 6.45) is 0.923. The molecule has 19 heavy (non-hydrogen) atoms. The van der Waals surface area contributed by atoms with E-state index in [0.717, 1.165) is 17.1 Å². The number of carbonyl (C=O) groups excluding carboxylic acids is 1. The third kappa shape index (κ3) is 4.95. The van der Waals surface area contributed by atoms with Crippen LogP contribution in [0.25, 0.3) is 0 Å². The summed E-state index contributed by atoms with van der Waals surface area (Å²) in [4.78, 5) is 11.7. The maximum Gasteiger partial charge on any atom is 0.315 e. The number of aliphatic hydroxyl groups excluding tert-OH is 1. The lowest BCUT2D eigenvalue weighted by Gasteiger charge is -2.14. The second kappa shape index (κ2) is 7.19. The van der Waals surface area contributed by atoms with Crippen molar-refractivity contribution in [3.05, 3.63) is 23.2 Å². The molecule has 2 atom stereocenters. The van der Waals surface area contributed by atoms with Crippen molar-refractivity contribution < 1.29 is 14.3 Å². The average Bonchev–Trinajstić information content (AvgIpc) is 2.68. The van der Waals surface area contributed by atoms with Crippen molar-refractivity contribution in [2.24, 2.45) is 0 Å². The molecule has 0 saturated heterocycles. The van der Waals surface area contributed by atoms with Gasteiger partial charge in [0, 0.05) is 12.1 Å². The number of carbonyl (C=O) groups is 1. The van der Waals surface area contributed by atoms with E-state index in [-0.39, 0.29) is 18.2 Å². The zero-order valence-electron chi connectivity index (χ0n) is 12.1. The number of aryl methyl sites for hydroxylation is 2. The maximum atomic E-state index is 11.7. The van der Waals surface area contributed by atoms with Crippen molar-refractivity contribution in [1.29, 1.82) is 0 Å². The first kappa shape index (κ1) is 15.6. The van der Waals surface area contributed by atoms with Gasteiger partial charge < -0.3 is 20.2 Å². The molecular formula is C14H24N2O3. The van der Waals surface area contributed by atoms with Crippen molar-refractivity contribution in [3.8, 4) is 0 Å². The summed E-state index contributed by atoms with van der Waals surface area (Å²) < 4.78 is 5.44. The van der Waals surface area contributed by atoms with Crippen LogP contribution in [0.3, 0.4) is 0 Å². The number of urea groups is 1. The number of furan rings is 1. The lowest BCUT2D eigenvalue weighted by molar-refractivity contribution is 0.160. The molecule has 2 amide bonds. The van der Waals surface area contributed by atoms with Crippen LogP contribution in [-0.2, 0) is 0 Å². The molecule has 0 fully saturated rings. The van der Waals surface area contributed by atoms with Crippen molar-refractivity contribution in [2.75, 3.05) is 6.54 Å². The van der Waals surface area contributed by atoms with Crippen LogP contribution >= 0.6 is 0 Å². The van der Waals surface area contributed by atoms with Crippen molar-refractivity contribution >= 4 is 6.03 Å². The minimum Gasteiger partial charge on any atom is -0.466 e. The Morgan fingerprint density at radius 3 is 2.68 bits per heavy atom. The van der Waals surface area contributed by atoms with Crippen LogP contribution in [0.15, 0.2) is 10.5 Å². The Morgan fingerprint density at radius 2 is 2.16 bits per heavy atom. The number of aliphatic hydroxyl groups is 1. The van der Waals surface area contributed by atoms with Gasteiger partial charge in [-0.15, -0.1) is 0 Å². The Balaban J connectivity index is 2.38. The molecule has 1 rings (SSSR count). The molecule has 1 aromatic rings. The molecule has 2 unspecified atom stereocenters. The van der Waals surface area contributed by atoms with Crippen LogP contribution in [0.5, 0.6) is 0 Å². The molecule has 0 bridgehead atoms. The van der Waals surface area contributed by atoms with Gasteiger partial charge in [0.2, 0.25) is 0 Å². The van der Waals surface area contributed by atoms with Crippen LogP contribution in [0, 0.1) is 13.8 Å². The Morgan fingerprint density at radius 1 is 1.47 bits per heavy atom. The summed E-state index contributed by atoms with van der Waals surface area (Å²) in [5.41, 5.74) is 0.987. The van der Waals surface area contributed by atoms with Gasteiger partial charge in [-0.05, 0) is 39.7 Å². The van der Waals surface area contributed by atoms with Gasteiger partial charge >= 0.3 is 6.03 Å². The molecule has 0 aliphatic rings. The molecule has 0 radical (unpaired) electrons. The minimum absolute atomic E-state index is 0.103. The Labute approximate surface area is 114 Å². The van der Waals surface area contributed by atoms with Crippen molar-refractivity contribution in [2.45, 2.75) is 52.7 Å². The van der Waals surface area contributed by atoms with Crippen molar-refractivity contribution in [1.82, 2.24) is 10.6 Å². The molecule has 0 aromatic carbocycles. The quantitative estimate of drug-likeness (QED) is 0.741. The first-order chi connectivity index (χ1) is 8.93. The van der Waals surface area contributed by atoms with Gasteiger partial charge in [0.25, 0.3) is 0 Å². The molecule has 5 heteroatoms. The second-order valence-electron chi connectivity index (χ2n) is 4.84. The summed E-state index contributed by atoms with van der Waals surface area (Å²) in [5, 5.41) is 15.0. The first-order valence-electron chi connectivity index (χ1n) is 6.73. The molecule has 0 spiro atoms. The molecule has 1 aromatic heterocycles. The van der Waals surface area contributed by atoms with Crippen molar-refractivity contribution in [3.63, 3.8) is 0 Å². The normalized spacial score (nSPS) is 13.9. The van der Waals surface area contributed by atoms with Crippen LogP contribution < -0.4 is 10.6 Å². The molecule has 0 aliphatic heterocycles. The fraction of sp³-hybridized carbons (Fsp3) is 0.643. The summed E-state index contributed by atoms with van der Waals surface area (Å²) in [5.74, 6) is 1.67. The van der Waals surface area contributed by atoms with E-state index in [0.29, 0.717) is 19.4 Å². The number of hydrogen-bond acceptors (Lipinski definition) is 3. The Hall–Kier alpha value is -1.49. The highest BCUT2D eigenvalue weighted by Crippen LogP contribution is 2.20. The fourth-order valence-electron chi connectivity index (χ4n) is 1.96. The smallest absolute Gasteiger partial charge is 0.315 e. The summed E-state index contributed by atoms with van der Waals surface area (Å²) in [6, 6.07) is 1.60. The SMILES string of the molecule is CCC(O)CCNC(=O)NC(C)c1cc(C)oc1C. The first-order valence-corrected chi connectivity index (χ1v) is 6.73. The Bertz CT molecular complexity index is 415.